The second-order valence-electron chi connectivity index (χ2n) is 29.8. The van der Waals surface area contributed by atoms with E-state index in [2.05, 4.69) is 99.5 Å². The van der Waals surface area contributed by atoms with Gasteiger partial charge in [0.25, 0.3) is 35.4 Å². The van der Waals surface area contributed by atoms with Crippen molar-refractivity contribution in [2.45, 2.75) is 64.6 Å². The maximum absolute atomic E-state index is 13.0. The van der Waals surface area contributed by atoms with E-state index in [-0.39, 0.29) is 51.0 Å². The number of benzene rings is 2. The summed E-state index contributed by atoms with van der Waals surface area (Å²) in [6.45, 7) is 7.29. The fourth-order valence-corrected chi connectivity index (χ4v) is 18.3. The second-order valence-corrected chi connectivity index (χ2v) is 36.7. The summed E-state index contributed by atoms with van der Waals surface area (Å²) in [5.41, 5.74) is 10.8. The monoisotopic (exact) mass is 1890 g/mol. The van der Waals surface area contributed by atoms with Crippen molar-refractivity contribution in [3.63, 3.8) is 0 Å². The van der Waals surface area contributed by atoms with Gasteiger partial charge < -0.3 is 9.32 Å². The Bertz CT molecular complexity index is 7150. The van der Waals surface area contributed by atoms with E-state index < -0.39 is 95.0 Å². The van der Waals surface area contributed by atoms with Gasteiger partial charge in [-0.2, -0.15) is 64.2 Å². The molecule has 13 aromatic rings. The van der Waals surface area contributed by atoms with E-state index in [9.17, 15) is 76.8 Å². The average Bonchev–Trinajstić information content (AvgIpc) is 1.58. The number of aryl methyl sites for hydroxylation is 1. The van der Waals surface area contributed by atoms with Gasteiger partial charge >= 0.3 is 11.9 Å². The number of carbonyl (C=O) groups is 7. The predicted octanol–water partition coefficient (Wildman–Crippen LogP) is 4.69. The highest BCUT2D eigenvalue weighted by Gasteiger charge is 2.46. The first-order chi connectivity index (χ1) is 62.9. The Balaban J connectivity index is 0.000000111. The fourth-order valence-electron chi connectivity index (χ4n) is 13.3. The predicted molar refractivity (Wildman–Crippen MR) is 466 cm³/mol. The molecule has 2 fully saturated rings. The van der Waals surface area contributed by atoms with E-state index in [1.807, 2.05) is 68.1 Å². The second kappa shape index (κ2) is 36.5. The van der Waals surface area contributed by atoms with Crippen LogP contribution in [0.3, 0.4) is 0 Å². The lowest BCUT2D eigenvalue weighted by molar-refractivity contribution is -0.141. The Hall–Kier alpha value is -15.3. The van der Waals surface area contributed by atoms with E-state index in [0.717, 1.165) is 105 Å². The summed E-state index contributed by atoms with van der Waals surface area (Å²) in [6.07, 6.45) is 34.7. The zero-order chi connectivity index (χ0) is 91.8. The number of halogens is 3. The van der Waals surface area contributed by atoms with Crippen LogP contribution in [0.5, 0.6) is 0 Å². The summed E-state index contributed by atoms with van der Waals surface area (Å²) in [5, 5.41) is 48.2. The Labute approximate surface area is 749 Å². The van der Waals surface area contributed by atoms with Crippen molar-refractivity contribution in [3.05, 3.63) is 236 Å². The third-order valence-corrected chi connectivity index (χ3v) is 26.6. The molecule has 18 heterocycles. The molecule has 0 spiro atoms. The highest BCUT2D eigenvalue weighted by atomic mass is 32.2. The van der Waals surface area contributed by atoms with Crippen LogP contribution in [0.4, 0.5) is 18.9 Å². The fraction of sp³-hybridized carbons (Fsp3) is 0.165. The molecule has 52 heteroatoms. The summed E-state index contributed by atoms with van der Waals surface area (Å²) in [7, 11) is -9.60. The third-order valence-electron chi connectivity index (χ3n) is 20.1. The number of aromatic nitrogens is 21. The molecule has 666 valence electrons. The smallest absolute Gasteiger partial charge is 0.408 e. The number of rotatable bonds is 16. The number of carbonyl (C=O) groups excluding carboxylic acids is 7. The van der Waals surface area contributed by atoms with E-state index >= 15 is 0 Å². The number of fused-ring (bicyclic) bond motifs is 2. The Morgan fingerprint density at radius 1 is 0.412 bits per heavy atom. The van der Waals surface area contributed by atoms with Crippen LogP contribution in [0.1, 0.15) is 56.5 Å². The molecule has 7 amide bonds. The molecule has 0 radical (unpaired) electrons. The minimum atomic E-state index is -4.56. The molecule has 6 unspecified atom stereocenters. The van der Waals surface area contributed by atoms with Crippen LogP contribution in [0.2, 0.25) is 0 Å². The van der Waals surface area contributed by atoms with Crippen LogP contribution < -0.4 is 39.0 Å². The van der Waals surface area contributed by atoms with Gasteiger partial charge in [0.1, 0.15) is 0 Å². The quantitative estimate of drug-likeness (QED) is 0.0764. The summed E-state index contributed by atoms with van der Waals surface area (Å²) in [4.78, 5) is 102. The topological polar surface area (TPSA) is 543 Å². The highest BCUT2D eigenvalue weighted by Crippen LogP contribution is 2.46. The maximum atomic E-state index is 13.0. The number of hydrogen-bond acceptors (Lipinski definition) is 29. The van der Waals surface area contributed by atoms with E-state index in [1.165, 1.54) is 83.7 Å². The zero-order valence-electron chi connectivity index (χ0n) is 67.6. The molecule has 0 saturated heterocycles. The minimum Gasteiger partial charge on any atom is -0.408 e. The molecule has 22 rings (SSSR count). The number of anilines is 1. The Kier molecular flexibility index (Phi) is 24.4. The van der Waals surface area contributed by atoms with Crippen molar-refractivity contribution in [1.29, 1.82) is 0 Å². The van der Waals surface area contributed by atoms with Crippen molar-refractivity contribution < 1.29 is 76.4 Å². The van der Waals surface area contributed by atoms with Gasteiger partial charge in [0, 0.05) is 144 Å². The van der Waals surface area contributed by atoms with Crippen LogP contribution in [-0.4, -0.2) is 177 Å². The summed E-state index contributed by atoms with van der Waals surface area (Å²) in [5.74, 6) is -1.46. The number of hydrogen-bond donors (Lipinski definition) is 6. The van der Waals surface area contributed by atoms with Crippen LogP contribution in [0.25, 0.3) is 108 Å². The lowest BCUT2D eigenvalue weighted by Gasteiger charge is -2.20. The minimum absolute atomic E-state index is 0.121. The molecular weight excluding hydrogens is 1830 g/mol. The van der Waals surface area contributed by atoms with Gasteiger partial charge in [-0.1, -0.05) is 12.1 Å². The first-order valence-corrected chi connectivity index (χ1v) is 45.6. The number of alkyl halides is 3. The van der Waals surface area contributed by atoms with Gasteiger partial charge in [-0.15, -0.1) is 10.2 Å². The van der Waals surface area contributed by atoms with Gasteiger partial charge in [-0.05, 0) is 130 Å². The van der Waals surface area contributed by atoms with Crippen molar-refractivity contribution in [2.75, 3.05) is 11.4 Å². The summed E-state index contributed by atoms with van der Waals surface area (Å²) < 4.78 is 136. The van der Waals surface area contributed by atoms with Gasteiger partial charge in [-0.25, -0.2) is 58.1 Å². The maximum Gasteiger partial charge on any atom is 0.435 e. The van der Waals surface area contributed by atoms with Gasteiger partial charge in [0.05, 0.1) is 89.5 Å². The molecule has 2 aliphatic carbocycles. The van der Waals surface area contributed by atoms with Gasteiger partial charge in [0.2, 0.25) is 5.91 Å². The molecule has 6 atom stereocenters. The largest absolute Gasteiger partial charge is 0.435 e. The molecule has 9 aliphatic rings. The van der Waals surface area contributed by atoms with Crippen LogP contribution in [0, 0.1) is 18.8 Å². The van der Waals surface area contributed by atoms with Crippen molar-refractivity contribution in [1.82, 2.24) is 132 Å². The Morgan fingerprint density at radius 3 is 1.20 bits per heavy atom. The molecule has 0 bridgehead atoms. The molecule has 131 heavy (non-hydrogen) atoms. The van der Waals surface area contributed by atoms with Crippen LogP contribution in [-0.2, 0) is 118 Å². The average molecular weight is 1890 g/mol. The lowest BCUT2D eigenvalue weighted by atomic mass is 9.85. The molecule has 6 N–H and O–H groups in total. The van der Waals surface area contributed by atoms with Gasteiger partial charge in [-0.3, -0.25) is 76.4 Å². The number of nitrogens with zero attached hydrogens (tertiary/aromatic N) is 22. The zero-order valence-corrected chi connectivity index (χ0v) is 72.5. The van der Waals surface area contributed by atoms with Crippen LogP contribution >= 0.6 is 0 Å². The normalized spacial score (nSPS) is 19.6. The lowest BCUT2D eigenvalue weighted by Crippen LogP contribution is -2.37. The highest BCUT2D eigenvalue weighted by molar-refractivity contribution is 7.95. The first-order valence-electron chi connectivity index (χ1n) is 38.7. The molecule has 7 aliphatic heterocycles. The van der Waals surface area contributed by atoms with Crippen LogP contribution in [0.15, 0.2) is 218 Å². The Morgan fingerprint density at radius 2 is 0.817 bits per heavy atom. The number of oxazole rings is 1. The van der Waals surface area contributed by atoms with E-state index in [0.29, 0.717) is 61.0 Å². The van der Waals surface area contributed by atoms with Crippen molar-refractivity contribution in [3.8, 4) is 67.2 Å². The summed E-state index contributed by atoms with van der Waals surface area (Å²) in [6, 6.07) is 19.0. The number of nitrogens with one attached hydrogen (secondary N) is 6. The molecule has 43 nitrogen and oxygen atoms in total. The standard InChI is InChI=1S/C20H20N4O3S.C17H14N4O4S.C11H6F3N5O2S.C11H9N5O2S.2C10H7N5O2S/c1-20(2)15-7-13(5-6-16(15)23(19(20)26)10-12-3-4-12)14-9-21-24(11-14)18-8-17(25)22-28(18)27;22-15-6-16(26(24)19-15)21-9-12(7-18-21)11-3-4-13-14(5-11)25-17(23)20(13)8-10-1-2-10;12-11(13,14)8-2-1-7(16-17-8)6-4-15-19(5-6)10-3-9(20)18-22(10)21;1-7-2-3-9(14-13-7)8-5-12-16(6-8)11-4-10(17)15-19(11)18;16-9-3-10(18(17)14-9)15-6-7(4-13-15)8-5-11-1-2-12-8;16-9-3-10(18(17)14-9)15-6-8(5-13-15)7-1-2-11-12-4-7/h5-9,11-12H,3-4,10H2,1-2H3,(H,22,25);3-7,9-10H,1-2,8H2,(H,19,22);1-5H,(H,18,20);2-6H,1H3,(H,15,17);2*1-6H,(H,14,16). The van der Waals surface area contributed by atoms with E-state index in [1.54, 1.807) is 110 Å². The molecule has 11 aromatic heterocycles. The SMILES string of the molecule is CC1(C)C(=O)N(CC2CC2)c2ccc(-c3cnn(C4=CC(=O)NS4=O)c3)cc21.Cc1ccc(-c2cnn(C3=CC(=O)NS3=O)c2)nn1.O=C1C=C(n2cc(-c3ccc(C(F)(F)F)nn3)cn2)S(=O)N1.O=C1C=C(n2cc(-c3ccc4c(c3)oc(=O)n4CC3CC3)cn2)S(=O)N1.O=C1C=C(n2cc(-c3ccnnc3)cn2)S(=O)N1.O=C1C=C(n2cc(-c3cnccn3)cn2)S(=O)N1. The first kappa shape index (κ1) is 87.8. The van der Waals surface area contributed by atoms with Gasteiger partial charge in [0.15, 0.2) is 107 Å². The third kappa shape index (κ3) is 19.6. The summed E-state index contributed by atoms with van der Waals surface area (Å²) >= 11 is 0. The number of amides is 7. The van der Waals surface area contributed by atoms with E-state index in [4.69, 9.17) is 4.42 Å². The molecule has 2 saturated carbocycles. The molecular formula is C79H63F3N28O15S6. The van der Waals surface area contributed by atoms with Crippen molar-refractivity contribution >= 4 is 154 Å². The van der Waals surface area contributed by atoms with Crippen molar-refractivity contribution in [2.24, 2.45) is 11.8 Å². The molecule has 2 aromatic carbocycles.